The van der Waals surface area contributed by atoms with E-state index in [-0.39, 0.29) is 10.8 Å². The molecular weight excluding hydrogens is 366 g/mol. The van der Waals surface area contributed by atoms with Gasteiger partial charge in [0.15, 0.2) is 0 Å². The Morgan fingerprint density at radius 1 is 0.800 bits per heavy atom. The third-order valence-corrected chi connectivity index (χ3v) is 5.88. The van der Waals surface area contributed by atoms with Crippen LogP contribution in [0.2, 0.25) is 0 Å². The van der Waals surface area contributed by atoms with Gasteiger partial charge in [-0.15, -0.1) is 0 Å². The standard InChI is InChI=1S/C28H43NO/c1-9-11-14-20-16-13-17-21(15-12-10-2)25(20)29-24-19-22(27(3,4)5)18-23(26(24)30)28(6,7)8/h13,16-19,29-30H,9-12,14-15H2,1-8H3. The van der Waals surface area contributed by atoms with Gasteiger partial charge >= 0.3 is 0 Å². The minimum atomic E-state index is -0.130. The lowest BCUT2D eigenvalue weighted by molar-refractivity contribution is 0.447. The van der Waals surface area contributed by atoms with Gasteiger partial charge in [-0.3, -0.25) is 0 Å². The molecule has 0 aliphatic carbocycles. The van der Waals surface area contributed by atoms with E-state index in [9.17, 15) is 5.11 Å². The lowest BCUT2D eigenvalue weighted by atomic mass is 9.79. The maximum Gasteiger partial charge on any atom is 0.142 e. The number of phenols is 1. The Balaban J connectivity index is 2.62. The first kappa shape index (κ1) is 24.3. The van der Waals surface area contributed by atoms with Crippen molar-refractivity contribution in [2.75, 3.05) is 5.32 Å². The smallest absolute Gasteiger partial charge is 0.142 e. The molecule has 0 heterocycles. The molecule has 30 heavy (non-hydrogen) atoms. The fourth-order valence-electron chi connectivity index (χ4n) is 3.83. The molecule has 0 atom stereocenters. The number of rotatable bonds is 8. The first-order chi connectivity index (χ1) is 14.0. The van der Waals surface area contributed by atoms with Crippen LogP contribution in [0.3, 0.4) is 0 Å². The molecule has 2 aromatic carbocycles. The van der Waals surface area contributed by atoms with E-state index in [4.69, 9.17) is 0 Å². The second-order valence-corrected chi connectivity index (χ2v) is 10.7. The maximum absolute atomic E-state index is 11.2. The molecule has 2 nitrogen and oxygen atoms in total. The summed E-state index contributed by atoms with van der Waals surface area (Å²) in [6.45, 7) is 17.7. The van der Waals surface area contributed by atoms with Crippen LogP contribution in [0.25, 0.3) is 0 Å². The topological polar surface area (TPSA) is 32.3 Å². The van der Waals surface area contributed by atoms with Gasteiger partial charge in [0, 0.05) is 11.3 Å². The molecule has 0 amide bonds. The van der Waals surface area contributed by atoms with Gasteiger partial charge in [-0.05, 0) is 59.3 Å². The van der Waals surface area contributed by atoms with Gasteiger partial charge in [0.05, 0.1) is 5.69 Å². The van der Waals surface area contributed by atoms with E-state index in [1.807, 2.05) is 0 Å². The zero-order chi connectivity index (χ0) is 22.5. The monoisotopic (exact) mass is 409 g/mol. The molecule has 166 valence electrons. The van der Waals surface area contributed by atoms with Crippen LogP contribution in [0.5, 0.6) is 5.75 Å². The third-order valence-electron chi connectivity index (χ3n) is 5.88. The molecule has 0 saturated carbocycles. The minimum Gasteiger partial charge on any atom is -0.505 e. The zero-order valence-corrected chi connectivity index (χ0v) is 20.6. The number of phenolic OH excluding ortho intramolecular Hbond substituents is 1. The van der Waals surface area contributed by atoms with E-state index in [0.29, 0.717) is 5.75 Å². The van der Waals surface area contributed by atoms with Gasteiger partial charge in [-0.25, -0.2) is 0 Å². The molecule has 0 radical (unpaired) electrons. The number of para-hydroxylation sites is 1. The summed E-state index contributed by atoms with van der Waals surface area (Å²) in [5.41, 5.74) is 6.85. The van der Waals surface area contributed by atoms with Crippen molar-refractivity contribution in [2.24, 2.45) is 0 Å². The number of hydrogen-bond acceptors (Lipinski definition) is 2. The molecule has 0 bridgehead atoms. The molecule has 0 fully saturated rings. The lowest BCUT2D eigenvalue weighted by Crippen LogP contribution is -2.17. The Hall–Kier alpha value is -1.96. The van der Waals surface area contributed by atoms with Crippen molar-refractivity contribution in [1.29, 1.82) is 0 Å². The van der Waals surface area contributed by atoms with Crippen molar-refractivity contribution in [3.63, 3.8) is 0 Å². The van der Waals surface area contributed by atoms with Gasteiger partial charge in [-0.2, -0.15) is 0 Å². The molecule has 2 heteroatoms. The van der Waals surface area contributed by atoms with Crippen molar-refractivity contribution in [1.82, 2.24) is 0 Å². The summed E-state index contributed by atoms with van der Waals surface area (Å²) < 4.78 is 0. The predicted octanol–water partition coefficient (Wildman–Crippen LogP) is 8.42. The molecule has 2 rings (SSSR count). The molecule has 0 aromatic heterocycles. The van der Waals surface area contributed by atoms with Crippen LogP contribution in [0.15, 0.2) is 30.3 Å². The summed E-state index contributed by atoms with van der Waals surface area (Å²) in [5, 5.41) is 14.9. The van der Waals surface area contributed by atoms with Crippen LogP contribution in [-0.4, -0.2) is 5.11 Å². The average Bonchev–Trinajstić information content (AvgIpc) is 2.65. The number of benzene rings is 2. The van der Waals surface area contributed by atoms with Crippen molar-refractivity contribution >= 4 is 11.4 Å². The quantitative estimate of drug-likeness (QED) is 0.429. The Bertz CT molecular complexity index is 811. The maximum atomic E-state index is 11.2. The molecular formula is C28H43NO. The van der Waals surface area contributed by atoms with Crippen LogP contribution in [-0.2, 0) is 23.7 Å². The van der Waals surface area contributed by atoms with Gasteiger partial charge in [-0.1, -0.05) is 92.5 Å². The van der Waals surface area contributed by atoms with Gasteiger partial charge in [0.1, 0.15) is 5.75 Å². The first-order valence-corrected chi connectivity index (χ1v) is 11.7. The summed E-state index contributed by atoms with van der Waals surface area (Å²) in [4.78, 5) is 0. The second-order valence-electron chi connectivity index (χ2n) is 10.7. The summed E-state index contributed by atoms with van der Waals surface area (Å²) in [7, 11) is 0. The van der Waals surface area contributed by atoms with Gasteiger partial charge < -0.3 is 10.4 Å². The van der Waals surface area contributed by atoms with E-state index >= 15 is 0 Å². The Kier molecular flexibility index (Phi) is 8.02. The molecule has 0 aliphatic heterocycles. The van der Waals surface area contributed by atoms with E-state index < -0.39 is 0 Å². The molecule has 2 aromatic rings. The largest absolute Gasteiger partial charge is 0.505 e. The lowest BCUT2D eigenvalue weighted by Gasteiger charge is -2.28. The highest BCUT2D eigenvalue weighted by molar-refractivity contribution is 5.74. The van der Waals surface area contributed by atoms with E-state index in [1.165, 1.54) is 48.1 Å². The average molecular weight is 410 g/mol. The van der Waals surface area contributed by atoms with Crippen molar-refractivity contribution < 1.29 is 5.11 Å². The van der Waals surface area contributed by atoms with E-state index in [2.05, 4.69) is 91.0 Å². The normalized spacial score (nSPS) is 12.3. The third kappa shape index (κ3) is 6.03. The van der Waals surface area contributed by atoms with E-state index in [0.717, 1.165) is 24.1 Å². The summed E-state index contributed by atoms with van der Waals surface area (Å²) >= 11 is 0. The SMILES string of the molecule is CCCCc1cccc(CCCC)c1Nc1cc(C(C)(C)C)cc(C(C)(C)C)c1O. The van der Waals surface area contributed by atoms with Crippen molar-refractivity contribution in [3.05, 3.63) is 52.6 Å². The van der Waals surface area contributed by atoms with Gasteiger partial charge in [0.25, 0.3) is 0 Å². The minimum absolute atomic E-state index is 0.0108. The number of unbranched alkanes of at least 4 members (excludes halogenated alkanes) is 2. The highest BCUT2D eigenvalue weighted by Crippen LogP contribution is 2.42. The van der Waals surface area contributed by atoms with E-state index in [1.54, 1.807) is 0 Å². The summed E-state index contributed by atoms with van der Waals surface area (Å²) in [5.74, 6) is 0.377. The highest BCUT2D eigenvalue weighted by atomic mass is 16.3. The molecule has 0 spiro atoms. The highest BCUT2D eigenvalue weighted by Gasteiger charge is 2.25. The fourth-order valence-corrected chi connectivity index (χ4v) is 3.83. The Morgan fingerprint density at radius 3 is 1.77 bits per heavy atom. The Labute approximate surface area is 185 Å². The van der Waals surface area contributed by atoms with Crippen LogP contribution < -0.4 is 5.32 Å². The van der Waals surface area contributed by atoms with Crippen LogP contribution in [0.4, 0.5) is 11.4 Å². The number of hydrogen-bond donors (Lipinski definition) is 2. The second kappa shape index (κ2) is 9.90. The van der Waals surface area contributed by atoms with Crippen molar-refractivity contribution in [2.45, 2.75) is 105 Å². The van der Waals surface area contributed by atoms with Gasteiger partial charge in [0.2, 0.25) is 0 Å². The molecule has 0 saturated heterocycles. The summed E-state index contributed by atoms with van der Waals surface area (Å²) in [6.07, 6.45) is 6.82. The number of aromatic hydroxyl groups is 1. The van der Waals surface area contributed by atoms with Crippen LogP contribution >= 0.6 is 0 Å². The first-order valence-electron chi connectivity index (χ1n) is 11.7. The number of anilines is 2. The molecule has 0 aliphatic rings. The summed E-state index contributed by atoms with van der Waals surface area (Å²) in [6, 6.07) is 11.0. The fraction of sp³-hybridized carbons (Fsp3) is 0.571. The van der Waals surface area contributed by atoms with Crippen LogP contribution in [0.1, 0.15) is 103 Å². The molecule has 2 N–H and O–H groups in total. The number of nitrogens with one attached hydrogen (secondary N) is 1. The van der Waals surface area contributed by atoms with Crippen molar-refractivity contribution in [3.8, 4) is 5.75 Å². The molecule has 0 unspecified atom stereocenters. The predicted molar refractivity (Wildman–Crippen MR) is 132 cm³/mol. The van der Waals surface area contributed by atoms with Crippen LogP contribution in [0, 0.1) is 0 Å². The number of aryl methyl sites for hydroxylation is 2. The Morgan fingerprint density at radius 2 is 1.33 bits per heavy atom. The zero-order valence-electron chi connectivity index (χ0n) is 20.6.